The predicted molar refractivity (Wildman–Crippen MR) is 92.9 cm³/mol. The Labute approximate surface area is 147 Å². The van der Waals surface area contributed by atoms with E-state index >= 15 is 0 Å². The molecule has 7 heteroatoms. The van der Waals surface area contributed by atoms with Crippen molar-refractivity contribution in [2.45, 2.75) is 24.8 Å². The zero-order valence-corrected chi connectivity index (χ0v) is 14.5. The lowest BCUT2D eigenvalue weighted by molar-refractivity contribution is 0.0186. The van der Waals surface area contributed by atoms with Crippen LogP contribution < -0.4 is 10.1 Å². The second kappa shape index (κ2) is 7.41. The molecular formula is C18H24N4O3. The second-order valence-electron chi connectivity index (χ2n) is 6.54. The minimum atomic E-state index is 0.214. The van der Waals surface area contributed by atoms with Gasteiger partial charge in [-0.15, -0.1) is 5.10 Å². The van der Waals surface area contributed by atoms with Crippen molar-refractivity contribution in [2.24, 2.45) is 0 Å². The van der Waals surface area contributed by atoms with E-state index in [0.29, 0.717) is 18.5 Å². The summed E-state index contributed by atoms with van der Waals surface area (Å²) in [6.07, 6.45) is 2.31. The number of hydrogen-bond donors (Lipinski definition) is 1. The van der Waals surface area contributed by atoms with E-state index < -0.39 is 0 Å². The zero-order chi connectivity index (χ0) is 17.1. The maximum Gasteiger partial charge on any atom is 0.315 e. The molecule has 1 atom stereocenters. The summed E-state index contributed by atoms with van der Waals surface area (Å²) in [7, 11) is 1.68. The molecule has 1 saturated heterocycles. The van der Waals surface area contributed by atoms with Gasteiger partial charge in [0.15, 0.2) is 0 Å². The minimum Gasteiger partial charge on any atom is -0.497 e. The zero-order valence-electron chi connectivity index (χ0n) is 14.5. The van der Waals surface area contributed by atoms with Crippen LogP contribution in [0.25, 0.3) is 0 Å². The van der Waals surface area contributed by atoms with E-state index in [4.69, 9.17) is 13.9 Å². The highest BCUT2D eigenvalue weighted by atomic mass is 16.5. The van der Waals surface area contributed by atoms with E-state index in [-0.39, 0.29) is 6.04 Å². The highest BCUT2D eigenvalue weighted by molar-refractivity contribution is 5.31. The standard InChI is InChI=1S/C18H24N4O3/c1-23-15-6-4-13(5-7-15)16(22-8-10-24-11-9-22)12-19-18-21-20-17(25-18)14-2-3-14/h4-7,14,16H,2-3,8-12H2,1H3,(H,19,21). The van der Waals surface area contributed by atoms with Crippen molar-refractivity contribution < 1.29 is 13.9 Å². The summed E-state index contributed by atoms with van der Waals surface area (Å²) in [6, 6.07) is 8.95. The molecule has 1 aliphatic heterocycles. The van der Waals surface area contributed by atoms with Gasteiger partial charge in [-0.2, -0.15) is 0 Å². The lowest BCUT2D eigenvalue weighted by Gasteiger charge is -2.34. The van der Waals surface area contributed by atoms with Crippen molar-refractivity contribution >= 4 is 6.01 Å². The molecule has 0 radical (unpaired) electrons. The Morgan fingerprint density at radius 3 is 2.64 bits per heavy atom. The van der Waals surface area contributed by atoms with E-state index in [1.165, 1.54) is 5.56 Å². The van der Waals surface area contributed by atoms with Crippen LogP contribution >= 0.6 is 0 Å². The van der Waals surface area contributed by atoms with Gasteiger partial charge in [0.1, 0.15) is 5.75 Å². The molecule has 1 unspecified atom stereocenters. The molecule has 25 heavy (non-hydrogen) atoms. The summed E-state index contributed by atoms with van der Waals surface area (Å²) in [5.74, 6) is 2.10. The highest BCUT2D eigenvalue weighted by Gasteiger charge is 2.29. The minimum absolute atomic E-state index is 0.214. The maximum absolute atomic E-state index is 5.72. The fraction of sp³-hybridized carbons (Fsp3) is 0.556. The molecule has 1 saturated carbocycles. The smallest absolute Gasteiger partial charge is 0.315 e. The van der Waals surface area contributed by atoms with Gasteiger partial charge in [0.2, 0.25) is 5.89 Å². The lowest BCUT2D eigenvalue weighted by atomic mass is 10.0. The third-order valence-electron chi connectivity index (χ3n) is 4.80. The molecular weight excluding hydrogens is 320 g/mol. The number of ether oxygens (including phenoxy) is 2. The van der Waals surface area contributed by atoms with Crippen LogP contribution in [0, 0.1) is 0 Å². The molecule has 2 fully saturated rings. The third-order valence-corrected chi connectivity index (χ3v) is 4.80. The molecule has 1 aliphatic carbocycles. The molecule has 7 nitrogen and oxygen atoms in total. The van der Waals surface area contributed by atoms with Crippen LogP contribution in [0.4, 0.5) is 6.01 Å². The Kier molecular flexibility index (Phi) is 4.85. The molecule has 0 bridgehead atoms. The van der Waals surface area contributed by atoms with Gasteiger partial charge in [0.05, 0.1) is 26.4 Å². The van der Waals surface area contributed by atoms with Crippen molar-refractivity contribution in [3.8, 4) is 5.75 Å². The topological polar surface area (TPSA) is 72.7 Å². The molecule has 0 spiro atoms. The van der Waals surface area contributed by atoms with Crippen LogP contribution in [0.1, 0.15) is 36.3 Å². The van der Waals surface area contributed by atoms with Gasteiger partial charge >= 0.3 is 6.01 Å². The average molecular weight is 344 g/mol. The molecule has 4 rings (SSSR count). The summed E-state index contributed by atoms with van der Waals surface area (Å²) in [6.45, 7) is 4.06. The van der Waals surface area contributed by atoms with Gasteiger partial charge in [0.25, 0.3) is 0 Å². The lowest BCUT2D eigenvalue weighted by Crippen LogP contribution is -2.41. The average Bonchev–Trinajstić information content (AvgIpc) is 3.42. The SMILES string of the molecule is COc1ccc(C(CNc2nnc(C3CC3)o2)N2CCOCC2)cc1. The molecule has 2 aliphatic rings. The van der Waals surface area contributed by atoms with E-state index in [1.807, 2.05) is 12.1 Å². The van der Waals surface area contributed by atoms with Crippen molar-refractivity contribution in [1.29, 1.82) is 0 Å². The molecule has 2 aromatic rings. The Bertz CT molecular complexity index is 678. The summed E-state index contributed by atoms with van der Waals surface area (Å²) >= 11 is 0. The molecule has 0 amide bonds. The Balaban J connectivity index is 1.47. The highest BCUT2D eigenvalue weighted by Crippen LogP contribution is 2.39. The van der Waals surface area contributed by atoms with Crippen molar-refractivity contribution in [1.82, 2.24) is 15.1 Å². The summed E-state index contributed by atoms with van der Waals surface area (Å²) in [5.41, 5.74) is 1.23. The fourth-order valence-corrected chi connectivity index (χ4v) is 3.16. The predicted octanol–water partition coefficient (Wildman–Crippen LogP) is 2.44. The van der Waals surface area contributed by atoms with Crippen LogP contribution in [0.3, 0.4) is 0 Å². The van der Waals surface area contributed by atoms with E-state index in [0.717, 1.165) is 50.8 Å². The van der Waals surface area contributed by atoms with Gasteiger partial charge in [-0.25, -0.2) is 0 Å². The summed E-state index contributed by atoms with van der Waals surface area (Å²) < 4.78 is 16.5. The number of benzene rings is 1. The summed E-state index contributed by atoms with van der Waals surface area (Å²) in [5, 5.41) is 11.6. The van der Waals surface area contributed by atoms with Crippen LogP contribution in [-0.4, -0.2) is 55.1 Å². The van der Waals surface area contributed by atoms with Crippen LogP contribution in [-0.2, 0) is 4.74 Å². The molecule has 134 valence electrons. The van der Waals surface area contributed by atoms with Gasteiger partial charge in [-0.3, -0.25) is 4.90 Å². The van der Waals surface area contributed by atoms with E-state index in [1.54, 1.807) is 7.11 Å². The van der Waals surface area contributed by atoms with Crippen LogP contribution in [0.5, 0.6) is 5.75 Å². The van der Waals surface area contributed by atoms with Crippen molar-refractivity contribution in [3.05, 3.63) is 35.7 Å². The number of nitrogens with one attached hydrogen (secondary N) is 1. The number of morpholine rings is 1. The summed E-state index contributed by atoms with van der Waals surface area (Å²) in [4.78, 5) is 2.43. The Morgan fingerprint density at radius 1 is 1.20 bits per heavy atom. The number of hydrogen-bond acceptors (Lipinski definition) is 7. The van der Waals surface area contributed by atoms with E-state index in [2.05, 4.69) is 32.5 Å². The fourth-order valence-electron chi connectivity index (χ4n) is 3.16. The van der Waals surface area contributed by atoms with Gasteiger partial charge in [-0.1, -0.05) is 17.2 Å². The normalized spacial score (nSPS) is 19.6. The molecule has 1 N–H and O–H groups in total. The molecule has 1 aromatic heterocycles. The van der Waals surface area contributed by atoms with Gasteiger partial charge in [0, 0.05) is 25.6 Å². The number of rotatable bonds is 7. The quantitative estimate of drug-likeness (QED) is 0.827. The molecule has 2 heterocycles. The van der Waals surface area contributed by atoms with Crippen molar-refractivity contribution in [2.75, 3.05) is 45.3 Å². The van der Waals surface area contributed by atoms with E-state index in [9.17, 15) is 0 Å². The van der Waals surface area contributed by atoms with Gasteiger partial charge < -0.3 is 19.2 Å². The molecule has 1 aromatic carbocycles. The second-order valence-corrected chi connectivity index (χ2v) is 6.54. The number of anilines is 1. The van der Waals surface area contributed by atoms with Crippen LogP contribution in [0.2, 0.25) is 0 Å². The maximum atomic E-state index is 5.72. The number of methoxy groups -OCH3 is 1. The first kappa shape index (κ1) is 16.4. The van der Waals surface area contributed by atoms with Gasteiger partial charge in [-0.05, 0) is 30.5 Å². The third kappa shape index (κ3) is 3.93. The first-order valence-electron chi connectivity index (χ1n) is 8.86. The first-order valence-corrected chi connectivity index (χ1v) is 8.86. The monoisotopic (exact) mass is 344 g/mol. The first-order chi connectivity index (χ1) is 12.3. The number of aromatic nitrogens is 2. The largest absolute Gasteiger partial charge is 0.497 e. The Morgan fingerprint density at radius 2 is 1.96 bits per heavy atom. The van der Waals surface area contributed by atoms with Crippen molar-refractivity contribution in [3.63, 3.8) is 0 Å². The number of nitrogens with zero attached hydrogens (tertiary/aromatic N) is 3. The Hall–Kier alpha value is -2.12. The van der Waals surface area contributed by atoms with Crippen LogP contribution in [0.15, 0.2) is 28.7 Å².